The predicted octanol–water partition coefficient (Wildman–Crippen LogP) is 3.28. The predicted molar refractivity (Wildman–Crippen MR) is 68.1 cm³/mol. The standard InChI is InChI=1S/C9H5ClIN3S/c10-7-2-1-3-12-8(7)15-9-13-4-6(11)5-14-9/h1-5H. The molecule has 2 aromatic heterocycles. The van der Waals surface area contributed by atoms with Gasteiger partial charge in [-0.25, -0.2) is 15.0 Å². The first-order valence-electron chi connectivity index (χ1n) is 4.01. The third-order valence-electron chi connectivity index (χ3n) is 1.51. The minimum atomic E-state index is 0.615. The number of halogens is 2. The first kappa shape index (κ1) is 11.1. The van der Waals surface area contributed by atoms with Gasteiger partial charge >= 0.3 is 0 Å². The summed E-state index contributed by atoms with van der Waals surface area (Å²) in [4.78, 5) is 12.5. The number of rotatable bonds is 2. The van der Waals surface area contributed by atoms with Gasteiger partial charge in [-0.2, -0.15) is 0 Å². The van der Waals surface area contributed by atoms with Gasteiger partial charge in [0.25, 0.3) is 0 Å². The quantitative estimate of drug-likeness (QED) is 0.616. The van der Waals surface area contributed by atoms with Gasteiger partial charge in [-0.1, -0.05) is 11.6 Å². The summed E-state index contributed by atoms with van der Waals surface area (Å²) in [6.45, 7) is 0. The van der Waals surface area contributed by atoms with Crippen LogP contribution in [0.4, 0.5) is 0 Å². The molecule has 0 unspecified atom stereocenters. The van der Waals surface area contributed by atoms with Crippen molar-refractivity contribution in [1.82, 2.24) is 15.0 Å². The van der Waals surface area contributed by atoms with Crippen molar-refractivity contribution in [3.8, 4) is 0 Å². The van der Waals surface area contributed by atoms with Crippen molar-refractivity contribution >= 4 is 46.0 Å². The Balaban J connectivity index is 2.22. The van der Waals surface area contributed by atoms with E-state index < -0.39 is 0 Å². The summed E-state index contributed by atoms with van der Waals surface area (Å²) >= 11 is 9.48. The molecule has 2 heterocycles. The van der Waals surface area contributed by atoms with Crippen LogP contribution in [0.15, 0.2) is 40.9 Å². The SMILES string of the molecule is Clc1cccnc1Sc1ncc(I)cn1. The normalized spacial score (nSPS) is 10.3. The summed E-state index contributed by atoms with van der Waals surface area (Å²) in [5.41, 5.74) is 0. The van der Waals surface area contributed by atoms with Crippen LogP contribution in [0.1, 0.15) is 0 Å². The highest BCUT2D eigenvalue weighted by molar-refractivity contribution is 14.1. The van der Waals surface area contributed by atoms with E-state index in [1.54, 1.807) is 30.7 Å². The van der Waals surface area contributed by atoms with Crippen molar-refractivity contribution in [3.63, 3.8) is 0 Å². The first-order valence-corrected chi connectivity index (χ1v) is 6.29. The van der Waals surface area contributed by atoms with Gasteiger partial charge in [-0.3, -0.25) is 0 Å². The van der Waals surface area contributed by atoms with E-state index in [9.17, 15) is 0 Å². The van der Waals surface area contributed by atoms with E-state index in [0.29, 0.717) is 10.2 Å². The third kappa shape index (κ3) is 3.02. The average molecular weight is 350 g/mol. The van der Waals surface area contributed by atoms with E-state index in [-0.39, 0.29) is 0 Å². The minimum Gasteiger partial charge on any atom is -0.248 e. The molecule has 0 aromatic carbocycles. The molecule has 0 atom stereocenters. The highest BCUT2D eigenvalue weighted by Crippen LogP contribution is 2.28. The van der Waals surface area contributed by atoms with E-state index >= 15 is 0 Å². The zero-order chi connectivity index (χ0) is 10.7. The van der Waals surface area contributed by atoms with Crippen molar-refractivity contribution in [3.05, 3.63) is 39.3 Å². The summed E-state index contributed by atoms with van der Waals surface area (Å²) in [7, 11) is 0. The van der Waals surface area contributed by atoms with E-state index in [2.05, 4.69) is 37.5 Å². The summed E-state index contributed by atoms with van der Waals surface area (Å²) in [5, 5.41) is 1.99. The Hall–Kier alpha value is -0.400. The molecule has 6 heteroatoms. The van der Waals surface area contributed by atoms with Crippen molar-refractivity contribution in [2.75, 3.05) is 0 Å². The summed E-state index contributed by atoms with van der Waals surface area (Å²) in [6.07, 6.45) is 5.21. The molecule has 0 aliphatic rings. The number of hydrogen-bond acceptors (Lipinski definition) is 4. The minimum absolute atomic E-state index is 0.615. The Bertz CT molecular complexity index is 463. The monoisotopic (exact) mass is 349 g/mol. The molecule has 0 bridgehead atoms. The molecule has 2 rings (SSSR count). The van der Waals surface area contributed by atoms with Crippen LogP contribution in [0, 0.1) is 3.57 Å². The zero-order valence-electron chi connectivity index (χ0n) is 7.39. The summed E-state index contributed by atoms with van der Waals surface area (Å²) in [5.74, 6) is 0. The number of hydrogen-bond donors (Lipinski definition) is 0. The highest BCUT2D eigenvalue weighted by Gasteiger charge is 2.05. The Morgan fingerprint density at radius 3 is 2.60 bits per heavy atom. The number of aromatic nitrogens is 3. The lowest BCUT2D eigenvalue weighted by Gasteiger charge is -2.00. The molecule has 0 aliphatic heterocycles. The van der Waals surface area contributed by atoms with Gasteiger partial charge in [0.15, 0.2) is 5.16 Å². The third-order valence-corrected chi connectivity index (χ3v) is 3.40. The maximum atomic E-state index is 5.97. The van der Waals surface area contributed by atoms with Crippen LogP contribution in [-0.2, 0) is 0 Å². The smallest absolute Gasteiger partial charge is 0.193 e. The molecule has 3 nitrogen and oxygen atoms in total. The Morgan fingerprint density at radius 2 is 1.93 bits per heavy atom. The Kier molecular flexibility index (Phi) is 3.76. The Labute approximate surface area is 110 Å². The van der Waals surface area contributed by atoms with E-state index in [0.717, 1.165) is 8.60 Å². The molecule has 0 N–H and O–H groups in total. The largest absolute Gasteiger partial charge is 0.248 e. The maximum Gasteiger partial charge on any atom is 0.193 e. The van der Waals surface area contributed by atoms with Crippen LogP contribution in [0.2, 0.25) is 5.02 Å². The fourth-order valence-electron chi connectivity index (χ4n) is 0.886. The van der Waals surface area contributed by atoms with Crippen LogP contribution in [-0.4, -0.2) is 15.0 Å². The van der Waals surface area contributed by atoms with Crippen molar-refractivity contribution < 1.29 is 0 Å². The molecule has 0 aliphatic carbocycles. The molecule has 0 spiro atoms. The summed E-state index contributed by atoms with van der Waals surface area (Å²) < 4.78 is 1.00. The maximum absolute atomic E-state index is 5.97. The zero-order valence-corrected chi connectivity index (χ0v) is 11.1. The topological polar surface area (TPSA) is 38.7 Å². The van der Waals surface area contributed by atoms with E-state index in [1.165, 1.54) is 11.8 Å². The molecule has 0 saturated heterocycles. The van der Waals surface area contributed by atoms with Crippen LogP contribution in [0.3, 0.4) is 0 Å². The summed E-state index contributed by atoms with van der Waals surface area (Å²) in [6, 6.07) is 3.59. The van der Waals surface area contributed by atoms with Gasteiger partial charge in [0.2, 0.25) is 0 Å². The van der Waals surface area contributed by atoms with Crippen molar-refractivity contribution in [2.45, 2.75) is 10.2 Å². The van der Waals surface area contributed by atoms with E-state index in [4.69, 9.17) is 11.6 Å². The van der Waals surface area contributed by atoms with E-state index in [1.807, 2.05) is 0 Å². The van der Waals surface area contributed by atoms with Crippen LogP contribution < -0.4 is 0 Å². The van der Waals surface area contributed by atoms with Gasteiger partial charge in [0, 0.05) is 22.2 Å². The van der Waals surface area contributed by atoms with Gasteiger partial charge in [-0.05, 0) is 46.5 Å². The second kappa shape index (κ2) is 5.09. The van der Waals surface area contributed by atoms with Crippen LogP contribution in [0.5, 0.6) is 0 Å². The lowest BCUT2D eigenvalue weighted by Crippen LogP contribution is -1.88. The lowest BCUT2D eigenvalue weighted by molar-refractivity contribution is 0.951. The first-order chi connectivity index (χ1) is 7.25. The number of nitrogens with zero attached hydrogens (tertiary/aromatic N) is 3. The van der Waals surface area contributed by atoms with Gasteiger partial charge < -0.3 is 0 Å². The molecule has 76 valence electrons. The number of pyridine rings is 1. The molecular weight excluding hydrogens is 345 g/mol. The van der Waals surface area contributed by atoms with Gasteiger partial charge in [-0.15, -0.1) is 0 Å². The van der Waals surface area contributed by atoms with Crippen LogP contribution >= 0.6 is 46.0 Å². The highest BCUT2D eigenvalue weighted by atomic mass is 127. The second-order valence-corrected chi connectivity index (χ2v) is 5.19. The molecule has 0 amide bonds. The van der Waals surface area contributed by atoms with Crippen molar-refractivity contribution in [1.29, 1.82) is 0 Å². The average Bonchev–Trinajstić information content (AvgIpc) is 2.25. The fraction of sp³-hybridized carbons (Fsp3) is 0. The molecule has 0 saturated carbocycles. The van der Waals surface area contributed by atoms with Gasteiger partial charge in [0.05, 0.1) is 5.02 Å². The van der Waals surface area contributed by atoms with Crippen LogP contribution in [0.25, 0.3) is 0 Å². The molecular formula is C9H5ClIN3S. The lowest BCUT2D eigenvalue weighted by atomic mass is 10.5. The fourth-order valence-corrected chi connectivity index (χ4v) is 2.06. The Morgan fingerprint density at radius 1 is 1.20 bits per heavy atom. The molecule has 2 aromatic rings. The molecule has 15 heavy (non-hydrogen) atoms. The van der Waals surface area contributed by atoms with Crippen molar-refractivity contribution in [2.24, 2.45) is 0 Å². The molecule has 0 radical (unpaired) electrons. The second-order valence-electron chi connectivity index (χ2n) is 2.58. The van der Waals surface area contributed by atoms with Gasteiger partial charge in [0.1, 0.15) is 5.03 Å². The molecule has 0 fully saturated rings.